The molecule has 0 fully saturated rings. The molecule has 0 heterocycles. The fourth-order valence-electron chi connectivity index (χ4n) is 2.36. The molecule has 106 valence electrons. The van der Waals surface area contributed by atoms with E-state index in [1.165, 1.54) is 12.1 Å². The number of rotatable bonds is 3. The Balaban J connectivity index is 1.92. The van der Waals surface area contributed by atoms with Gasteiger partial charge in [-0.05, 0) is 34.9 Å². The van der Waals surface area contributed by atoms with Crippen molar-refractivity contribution in [1.29, 1.82) is 0 Å². The predicted molar refractivity (Wildman–Crippen MR) is 91.5 cm³/mol. The first-order chi connectivity index (χ1) is 10.7. The molecule has 0 unspecified atom stereocenters. The number of halogens is 3. The van der Waals surface area contributed by atoms with Crippen LogP contribution in [0.25, 0.3) is 22.3 Å². The third kappa shape index (κ3) is 3.40. The topological polar surface area (TPSA) is 0 Å². The van der Waals surface area contributed by atoms with Crippen LogP contribution in [0.3, 0.4) is 0 Å². The van der Waals surface area contributed by atoms with Gasteiger partial charge in [0.05, 0.1) is 0 Å². The summed E-state index contributed by atoms with van der Waals surface area (Å²) in [7, 11) is 0. The smallest absolute Gasteiger partial charge is 0.296 e. The van der Waals surface area contributed by atoms with Gasteiger partial charge in [-0.15, -0.1) is 3.69 Å². The molecule has 0 nitrogen and oxygen atoms in total. The highest BCUT2D eigenvalue weighted by molar-refractivity contribution is 9.23. The summed E-state index contributed by atoms with van der Waals surface area (Å²) in [6, 6.07) is 19.4. The predicted octanol–water partition coefficient (Wildman–Crippen LogP) is 4.94. The van der Waals surface area contributed by atoms with Gasteiger partial charge in [0.2, 0.25) is 0 Å². The van der Waals surface area contributed by atoms with Crippen molar-refractivity contribution in [2.45, 2.75) is 0 Å². The van der Waals surface area contributed by atoms with Crippen LogP contribution in [0.4, 0.5) is 8.78 Å². The number of benzene rings is 3. The van der Waals surface area contributed by atoms with Crippen LogP contribution in [-0.4, -0.2) is 18.2 Å². The minimum atomic E-state index is -0.529. The Morgan fingerprint density at radius 3 is 1.77 bits per heavy atom. The van der Waals surface area contributed by atoms with Gasteiger partial charge >= 0.3 is 18.2 Å². The molecule has 0 spiro atoms. The van der Waals surface area contributed by atoms with Crippen molar-refractivity contribution in [1.82, 2.24) is 0 Å². The first-order valence-electron chi connectivity index (χ1n) is 6.88. The molecular formula is C18H11BrF2Mg. The molecule has 0 aliphatic carbocycles. The van der Waals surface area contributed by atoms with Gasteiger partial charge in [-0.2, -0.15) is 0 Å². The lowest BCUT2D eigenvalue weighted by Crippen LogP contribution is -2.08. The molecule has 3 aromatic rings. The largest absolute Gasteiger partial charge is 0.506 e. The normalized spacial score (nSPS) is 10.3. The quantitative estimate of drug-likeness (QED) is 0.574. The van der Waals surface area contributed by atoms with Crippen LogP contribution in [0.5, 0.6) is 0 Å². The summed E-state index contributed by atoms with van der Waals surface area (Å²) in [5.74, 6) is -0.447. The summed E-state index contributed by atoms with van der Waals surface area (Å²) >= 11 is 2.93. The molecular weight excluding hydrogens is 358 g/mol. The summed E-state index contributed by atoms with van der Waals surface area (Å²) in [5, 5.41) is 0. The monoisotopic (exact) mass is 368 g/mol. The second-order valence-corrected chi connectivity index (χ2v) is 7.80. The van der Waals surface area contributed by atoms with E-state index >= 15 is 0 Å². The Labute approximate surface area is 143 Å². The first kappa shape index (κ1) is 15.7. The van der Waals surface area contributed by atoms with Crippen LogP contribution < -0.4 is 3.69 Å². The zero-order valence-electron chi connectivity index (χ0n) is 11.7. The van der Waals surface area contributed by atoms with E-state index in [4.69, 9.17) is 0 Å². The van der Waals surface area contributed by atoms with Gasteiger partial charge in [0, 0.05) is 5.56 Å². The molecule has 0 N–H and O–H groups in total. The zero-order chi connectivity index (χ0) is 15.5. The van der Waals surface area contributed by atoms with Crippen molar-refractivity contribution >= 4 is 34.8 Å². The van der Waals surface area contributed by atoms with Crippen LogP contribution >= 0.6 is 12.9 Å². The fraction of sp³-hybridized carbons (Fsp3) is 0. The van der Waals surface area contributed by atoms with E-state index in [0.29, 0.717) is 5.56 Å². The summed E-state index contributed by atoms with van der Waals surface area (Å²) < 4.78 is 28.1. The van der Waals surface area contributed by atoms with Gasteiger partial charge in [0.25, 0.3) is 0 Å². The van der Waals surface area contributed by atoms with E-state index in [1.807, 2.05) is 36.4 Å². The van der Waals surface area contributed by atoms with E-state index in [0.717, 1.165) is 20.4 Å². The van der Waals surface area contributed by atoms with Crippen molar-refractivity contribution in [2.24, 2.45) is 0 Å². The molecule has 0 aliphatic heterocycles. The Bertz CT molecular complexity index is 783. The number of hydrogen-bond acceptors (Lipinski definition) is 0. The van der Waals surface area contributed by atoms with Crippen LogP contribution in [0.1, 0.15) is 0 Å². The maximum atomic E-state index is 14.2. The first-order valence-corrected chi connectivity index (χ1v) is 11.5. The molecule has 0 aromatic heterocycles. The lowest BCUT2D eigenvalue weighted by atomic mass is 10.00. The van der Waals surface area contributed by atoms with Crippen LogP contribution in [0.2, 0.25) is 0 Å². The standard InChI is InChI=1S/C18H11F2.BrH.Mg/c19-16-11-9-14(10-12-16)13-5-7-15(8-6-13)17-3-1-2-4-18(17)20;;/h1,3-12H;1H;/q;;+1/p-1. The molecule has 3 aromatic carbocycles. The number of hydrogen-bond donors (Lipinski definition) is 0. The minimum absolute atomic E-state index is 0.195. The van der Waals surface area contributed by atoms with E-state index in [-0.39, 0.29) is 11.6 Å². The van der Waals surface area contributed by atoms with Gasteiger partial charge < -0.3 is 0 Å². The summed E-state index contributed by atoms with van der Waals surface area (Å²) in [4.78, 5) is 0. The van der Waals surface area contributed by atoms with Crippen molar-refractivity contribution in [3.63, 3.8) is 0 Å². The molecule has 0 atom stereocenters. The molecule has 0 bridgehead atoms. The van der Waals surface area contributed by atoms with Crippen molar-refractivity contribution in [3.8, 4) is 22.3 Å². The Hall–Kier alpha value is -1.23. The molecule has 0 radical (unpaired) electrons. The third-order valence-electron chi connectivity index (χ3n) is 3.56. The summed E-state index contributed by atoms with van der Waals surface area (Å²) in [5.41, 5.74) is 3.36. The third-order valence-corrected chi connectivity index (χ3v) is 6.25. The molecule has 0 aliphatic rings. The van der Waals surface area contributed by atoms with Crippen LogP contribution in [-0.2, 0) is 0 Å². The lowest BCUT2D eigenvalue weighted by molar-refractivity contribution is 0.628. The zero-order valence-corrected chi connectivity index (χ0v) is 14.7. The summed E-state index contributed by atoms with van der Waals surface area (Å²) in [6.07, 6.45) is 0. The highest BCUT2D eigenvalue weighted by atomic mass is 79.9. The lowest BCUT2D eigenvalue weighted by Gasteiger charge is -2.07. The van der Waals surface area contributed by atoms with Crippen LogP contribution in [0.15, 0.2) is 66.7 Å². The molecule has 0 amide bonds. The van der Waals surface area contributed by atoms with Gasteiger partial charge in [-0.1, -0.05) is 48.5 Å². The second-order valence-electron chi connectivity index (χ2n) is 5.03. The molecule has 22 heavy (non-hydrogen) atoms. The average Bonchev–Trinajstić information content (AvgIpc) is 2.56. The molecule has 0 saturated carbocycles. The average molecular weight is 369 g/mol. The van der Waals surface area contributed by atoms with E-state index in [2.05, 4.69) is 12.9 Å². The molecule has 3 rings (SSSR count). The molecule has 4 heteroatoms. The minimum Gasteiger partial charge on any atom is -0.296 e. The maximum Gasteiger partial charge on any atom is 0.506 e. The van der Waals surface area contributed by atoms with Crippen molar-refractivity contribution in [3.05, 3.63) is 78.4 Å². The fourth-order valence-corrected chi connectivity index (χ4v) is 3.87. The Morgan fingerprint density at radius 2 is 1.23 bits per heavy atom. The highest BCUT2D eigenvalue weighted by Gasteiger charge is 2.07. The highest BCUT2D eigenvalue weighted by Crippen LogP contribution is 2.26. The van der Waals surface area contributed by atoms with E-state index in [9.17, 15) is 8.78 Å². The van der Waals surface area contributed by atoms with E-state index < -0.39 is 18.2 Å². The Kier molecular flexibility index (Phi) is 4.91. The van der Waals surface area contributed by atoms with Gasteiger partial charge in [0.15, 0.2) is 0 Å². The Morgan fingerprint density at radius 1 is 0.682 bits per heavy atom. The second kappa shape index (κ2) is 6.90. The van der Waals surface area contributed by atoms with Gasteiger partial charge in [0.1, 0.15) is 11.6 Å². The molecule has 0 saturated heterocycles. The van der Waals surface area contributed by atoms with Crippen molar-refractivity contribution in [2.75, 3.05) is 0 Å². The maximum absolute atomic E-state index is 14.2. The SMILES string of the molecule is Fc1ccc(-c2ccc(-c3cc[c]([Mg][Br])cc3F)cc2)cc1. The van der Waals surface area contributed by atoms with Gasteiger partial charge in [-0.3, -0.25) is 12.9 Å². The summed E-state index contributed by atoms with van der Waals surface area (Å²) in [6.45, 7) is 0. The van der Waals surface area contributed by atoms with Gasteiger partial charge in [-0.25, -0.2) is 8.78 Å². The van der Waals surface area contributed by atoms with Crippen LogP contribution in [0, 0.1) is 11.6 Å². The van der Waals surface area contributed by atoms with E-state index in [1.54, 1.807) is 18.2 Å². The van der Waals surface area contributed by atoms with Crippen molar-refractivity contribution < 1.29 is 8.78 Å².